The lowest BCUT2D eigenvalue weighted by molar-refractivity contribution is -0.122. The Morgan fingerprint density at radius 1 is 0.952 bits per heavy atom. The standard InChI is InChI=1S/C29H25F5N2O5S/c1-41-24-14-23(31)21(15-4-2-5-18(30)11-15)13-22(24)27(37)36-26-17-9-8-16(10-17)25(26)28(38)35-19-6-3-7-20(12-19)42(39,40)29(32,33)34/h2-7,11-14,16-17,25-26H,8-10H2,1H3,(H,35,38)(H,36,37)/t16-,17+,25+,26-/m1/s1. The van der Waals surface area contributed by atoms with Crippen molar-refractivity contribution in [3.05, 3.63) is 77.9 Å². The Balaban J connectivity index is 1.40. The number of fused-ring (bicyclic) bond motifs is 2. The van der Waals surface area contributed by atoms with E-state index in [9.17, 15) is 40.0 Å². The number of sulfone groups is 1. The molecule has 13 heteroatoms. The summed E-state index contributed by atoms with van der Waals surface area (Å²) in [5, 5.41) is 5.37. The number of anilines is 1. The van der Waals surface area contributed by atoms with Crippen molar-refractivity contribution in [2.24, 2.45) is 17.8 Å². The molecule has 0 saturated heterocycles. The molecular formula is C29H25F5N2O5S. The van der Waals surface area contributed by atoms with Gasteiger partial charge in [0.2, 0.25) is 5.91 Å². The monoisotopic (exact) mass is 608 g/mol. The number of hydrogen-bond donors (Lipinski definition) is 2. The van der Waals surface area contributed by atoms with Crippen molar-refractivity contribution in [1.82, 2.24) is 5.32 Å². The van der Waals surface area contributed by atoms with Crippen molar-refractivity contribution in [1.29, 1.82) is 0 Å². The molecule has 222 valence electrons. The molecule has 7 nitrogen and oxygen atoms in total. The minimum Gasteiger partial charge on any atom is -0.496 e. The Bertz CT molecular complexity index is 1660. The predicted octanol–water partition coefficient (Wildman–Crippen LogP) is 5.72. The van der Waals surface area contributed by atoms with E-state index in [0.717, 1.165) is 36.8 Å². The first-order valence-corrected chi connectivity index (χ1v) is 14.4. The quantitative estimate of drug-likeness (QED) is 0.335. The number of ether oxygens (including phenoxy) is 1. The van der Waals surface area contributed by atoms with Gasteiger partial charge in [-0.3, -0.25) is 9.59 Å². The zero-order valence-electron chi connectivity index (χ0n) is 22.0. The summed E-state index contributed by atoms with van der Waals surface area (Å²) >= 11 is 0. The van der Waals surface area contributed by atoms with Gasteiger partial charge in [-0.15, -0.1) is 0 Å². The first kappa shape index (κ1) is 29.5. The normalized spacial score (nSPS) is 21.7. The molecule has 4 atom stereocenters. The number of nitrogens with one attached hydrogen (secondary N) is 2. The van der Waals surface area contributed by atoms with E-state index in [4.69, 9.17) is 4.74 Å². The van der Waals surface area contributed by atoms with Gasteiger partial charge in [-0.1, -0.05) is 18.2 Å². The van der Waals surface area contributed by atoms with Crippen LogP contribution in [0.15, 0.2) is 65.6 Å². The topological polar surface area (TPSA) is 102 Å². The molecule has 0 aromatic heterocycles. The molecule has 5 rings (SSSR count). The first-order chi connectivity index (χ1) is 19.8. The summed E-state index contributed by atoms with van der Waals surface area (Å²) in [6, 6.07) is 10.7. The molecule has 0 heterocycles. The summed E-state index contributed by atoms with van der Waals surface area (Å²) in [5.74, 6) is -3.59. The maximum atomic E-state index is 14.9. The molecule has 0 aliphatic heterocycles. The fourth-order valence-corrected chi connectivity index (χ4v) is 6.79. The summed E-state index contributed by atoms with van der Waals surface area (Å²) in [4.78, 5) is 25.9. The maximum Gasteiger partial charge on any atom is 0.501 e. The minimum absolute atomic E-state index is 0.0311. The van der Waals surface area contributed by atoms with Crippen LogP contribution in [0.1, 0.15) is 29.6 Å². The van der Waals surface area contributed by atoms with Gasteiger partial charge in [0.05, 0.1) is 23.5 Å². The highest BCUT2D eigenvalue weighted by Crippen LogP contribution is 2.49. The van der Waals surface area contributed by atoms with E-state index < -0.39 is 55.6 Å². The van der Waals surface area contributed by atoms with Crippen LogP contribution in [0.2, 0.25) is 0 Å². The smallest absolute Gasteiger partial charge is 0.496 e. The molecule has 42 heavy (non-hydrogen) atoms. The number of halogens is 5. The zero-order valence-corrected chi connectivity index (χ0v) is 22.9. The fourth-order valence-electron chi connectivity index (χ4n) is 5.98. The van der Waals surface area contributed by atoms with Crippen LogP contribution in [0.4, 0.5) is 27.6 Å². The number of alkyl halides is 3. The van der Waals surface area contributed by atoms with Gasteiger partial charge < -0.3 is 15.4 Å². The van der Waals surface area contributed by atoms with Crippen LogP contribution in [0.5, 0.6) is 5.75 Å². The molecule has 2 saturated carbocycles. The van der Waals surface area contributed by atoms with Crippen LogP contribution in [0.25, 0.3) is 11.1 Å². The van der Waals surface area contributed by atoms with E-state index >= 15 is 0 Å². The van der Waals surface area contributed by atoms with Gasteiger partial charge in [-0.2, -0.15) is 13.2 Å². The Morgan fingerprint density at radius 2 is 1.67 bits per heavy atom. The van der Waals surface area contributed by atoms with Crippen molar-refractivity contribution in [2.75, 3.05) is 12.4 Å². The molecule has 3 aromatic carbocycles. The molecule has 0 radical (unpaired) electrons. The average Bonchev–Trinajstić information content (AvgIpc) is 3.54. The second-order valence-electron chi connectivity index (χ2n) is 10.4. The Kier molecular flexibility index (Phi) is 7.73. The summed E-state index contributed by atoms with van der Waals surface area (Å²) in [5.41, 5.74) is -5.51. The lowest BCUT2D eigenvalue weighted by atomic mass is 9.83. The van der Waals surface area contributed by atoms with Crippen LogP contribution >= 0.6 is 0 Å². The second kappa shape index (κ2) is 11.0. The summed E-state index contributed by atoms with van der Waals surface area (Å²) in [7, 11) is -4.36. The zero-order chi connectivity index (χ0) is 30.4. The average molecular weight is 609 g/mol. The van der Waals surface area contributed by atoms with Crippen molar-refractivity contribution in [3.8, 4) is 16.9 Å². The molecule has 3 aromatic rings. The molecule has 2 aliphatic carbocycles. The van der Waals surface area contributed by atoms with Gasteiger partial charge in [0.15, 0.2) is 0 Å². The van der Waals surface area contributed by atoms with Crippen molar-refractivity contribution < 1.29 is 44.7 Å². The highest BCUT2D eigenvalue weighted by molar-refractivity contribution is 7.92. The van der Waals surface area contributed by atoms with Crippen LogP contribution in [-0.4, -0.2) is 38.9 Å². The molecule has 2 fully saturated rings. The third-order valence-electron chi connectivity index (χ3n) is 7.90. The van der Waals surface area contributed by atoms with E-state index in [1.165, 1.54) is 37.4 Å². The van der Waals surface area contributed by atoms with E-state index in [0.29, 0.717) is 12.8 Å². The molecule has 0 unspecified atom stereocenters. The van der Waals surface area contributed by atoms with Crippen LogP contribution in [-0.2, 0) is 14.6 Å². The SMILES string of the molecule is COc1cc(F)c(-c2cccc(F)c2)cc1C(=O)N[C@@H]1[C@H]2CC[C@H](C2)[C@@H]1C(=O)Nc1cccc(S(=O)(=O)C(F)(F)F)c1. The van der Waals surface area contributed by atoms with Gasteiger partial charge >= 0.3 is 5.51 Å². The van der Waals surface area contributed by atoms with Gasteiger partial charge in [0, 0.05) is 23.4 Å². The van der Waals surface area contributed by atoms with Gasteiger partial charge in [0.25, 0.3) is 15.7 Å². The molecule has 2 N–H and O–H groups in total. The molecular weight excluding hydrogens is 583 g/mol. The second-order valence-corrected chi connectivity index (χ2v) is 12.3. The Morgan fingerprint density at radius 3 is 2.36 bits per heavy atom. The van der Waals surface area contributed by atoms with Crippen molar-refractivity contribution in [3.63, 3.8) is 0 Å². The van der Waals surface area contributed by atoms with Crippen LogP contribution < -0.4 is 15.4 Å². The Labute approximate surface area is 238 Å². The summed E-state index contributed by atoms with van der Waals surface area (Å²) in [6.45, 7) is 0. The number of hydrogen-bond acceptors (Lipinski definition) is 5. The third-order valence-corrected chi connectivity index (χ3v) is 9.39. The lowest BCUT2D eigenvalue weighted by Gasteiger charge is -2.31. The predicted molar refractivity (Wildman–Crippen MR) is 142 cm³/mol. The Hall–Kier alpha value is -4.00. The molecule has 0 spiro atoms. The number of carbonyl (C=O) groups excluding carboxylic acids is 2. The summed E-state index contributed by atoms with van der Waals surface area (Å²) < 4.78 is 96.6. The summed E-state index contributed by atoms with van der Waals surface area (Å²) in [6.07, 6.45) is 2.05. The lowest BCUT2D eigenvalue weighted by Crippen LogP contribution is -2.48. The van der Waals surface area contributed by atoms with E-state index in [2.05, 4.69) is 10.6 Å². The third kappa shape index (κ3) is 5.44. The molecule has 2 amide bonds. The minimum atomic E-state index is -5.62. The van der Waals surface area contributed by atoms with E-state index in [-0.39, 0.29) is 40.0 Å². The number of methoxy groups -OCH3 is 1. The van der Waals surface area contributed by atoms with Gasteiger partial charge in [-0.05, 0) is 73.1 Å². The van der Waals surface area contributed by atoms with Crippen molar-refractivity contribution in [2.45, 2.75) is 35.7 Å². The van der Waals surface area contributed by atoms with Gasteiger partial charge in [-0.25, -0.2) is 17.2 Å². The number of rotatable bonds is 7. The van der Waals surface area contributed by atoms with Crippen molar-refractivity contribution >= 4 is 27.3 Å². The largest absolute Gasteiger partial charge is 0.501 e. The fraction of sp³-hybridized carbons (Fsp3) is 0.310. The molecule has 2 aliphatic rings. The molecule has 2 bridgehead atoms. The van der Waals surface area contributed by atoms with E-state index in [1.807, 2.05) is 0 Å². The van der Waals surface area contributed by atoms with E-state index in [1.54, 1.807) is 0 Å². The number of benzene rings is 3. The highest BCUT2D eigenvalue weighted by atomic mass is 32.2. The van der Waals surface area contributed by atoms with Crippen LogP contribution in [0, 0.1) is 29.4 Å². The number of carbonyl (C=O) groups is 2. The van der Waals surface area contributed by atoms with Crippen LogP contribution in [0.3, 0.4) is 0 Å². The maximum absolute atomic E-state index is 14.9. The number of amides is 2. The first-order valence-electron chi connectivity index (χ1n) is 13.0. The highest BCUT2D eigenvalue weighted by Gasteiger charge is 2.52. The van der Waals surface area contributed by atoms with Gasteiger partial charge in [0.1, 0.15) is 17.4 Å².